The largest absolute Gasteiger partial charge is 0.385 e. The molecule has 1 aromatic heterocycles. The van der Waals surface area contributed by atoms with E-state index >= 15 is 0 Å². The zero-order chi connectivity index (χ0) is 19.8. The highest BCUT2D eigenvalue weighted by Gasteiger charge is 2.09. The van der Waals surface area contributed by atoms with Gasteiger partial charge in [0.2, 0.25) is 5.91 Å². The van der Waals surface area contributed by atoms with Crippen LogP contribution in [0.4, 0.5) is 17.1 Å². The Balaban J connectivity index is 1.56. The molecule has 6 heteroatoms. The van der Waals surface area contributed by atoms with Crippen LogP contribution in [-0.2, 0) is 11.2 Å². The summed E-state index contributed by atoms with van der Waals surface area (Å²) in [5.74, 6) is -0.434. The van der Waals surface area contributed by atoms with Crippen LogP contribution in [0.15, 0.2) is 72.9 Å². The lowest BCUT2D eigenvalue weighted by Gasteiger charge is -2.09. The van der Waals surface area contributed by atoms with Crippen LogP contribution >= 0.6 is 0 Å². The summed E-state index contributed by atoms with van der Waals surface area (Å²) < 4.78 is 0. The third-order valence-electron chi connectivity index (χ3n) is 4.04. The quantitative estimate of drug-likeness (QED) is 0.585. The molecule has 3 aromatic rings. The number of benzene rings is 2. The average molecular weight is 374 g/mol. The fourth-order valence-electron chi connectivity index (χ4n) is 2.70. The molecule has 2 amide bonds. The second kappa shape index (κ2) is 9.32. The molecule has 1 heterocycles. The minimum Gasteiger partial charge on any atom is -0.385 e. The molecule has 0 radical (unpaired) electrons. The maximum atomic E-state index is 12.5. The number of carbonyl (C=O) groups excluding carboxylic acids is 2. The second-order valence-corrected chi connectivity index (χ2v) is 6.30. The van der Waals surface area contributed by atoms with E-state index in [0.717, 1.165) is 18.7 Å². The van der Waals surface area contributed by atoms with Crippen LogP contribution in [-0.4, -0.2) is 23.3 Å². The van der Waals surface area contributed by atoms with Crippen molar-refractivity contribution < 1.29 is 9.59 Å². The van der Waals surface area contributed by atoms with Gasteiger partial charge in [-0.05, 0) is 48.4 Å². The third kappa shape index (κ3) is 5.67. The van der Waals surface area contributed by atoms with Crippen LogP contribution in [0.25, 0.3) is 0 Å². The molecular formula is C22H22N4O2. The summed E-state index contributed by atoms with van der Waals surface area (Å²) in [4.78, 5) is 27.7. The van der Waals surface area contributed by atoms with Gasteiger partial charge in [0.1, 0.15) is 5.69 Å². The van der Waals surface area contributed by atoms with E-state index in [-0.39, 0.29) is 11.8 Å². The predicted molar refractivity (Wildman–Crippen MR) is 112 cm³/mol. The molecule has 0 saturated carbocycles. The maximum absolute atomic E-state index is 12.5. The third-order valence-corrected chi connectivity index (χ3v) is 4.04. The van der Waals surface area contributed by atoms with E-state index in [2.05, 4.69) is 33.1 Å². The lowest BCUT2D eigenvalue weighted by atomic mass is 10.1. The van der Waals surface area contributed by atoms with Gasteiger partial charge in [-0.3, -0.25) is 14.6 Å². The molecule has 28 heavy (non-hydrogen) atoms. The molecule has 0 aliphatic rings. The standard InChI is InChI=1S/C22H22N4O2/c1-16(27)25-18-7-9-19(10-8-18)26-22(28)21-15-20(12-14-24-21)23-13-11-17-5-3-2-4-6-17/h2-10,12,14-15H,11,13H2,1H3,(H,23,24)(H,25,27)(H,26,28). The number of aromatic nitrogens is 1. The number of pyridine rings is 1. The summed E-state index contributed by atoms with van der Waals surface area (Å²) >= 11 is 0. The highest BCUT2D eigenvalue weighted by atomic mass is 16.2. The second-order valence-electron chi connectivity index (χ2n) is 6.30. The molecule has 3 rings (SSSR count). The first kappa shape index (κ1) is 19.1. The van der Waals surface area contributed by atoms with Gasteiger partial charge in [0, 0.05) is 36.7 Å². The van der Waals surface area contributed by atoms with E-state index in [9.17, 15) is 9.59 Å². The number of hydrogen-bond acceptors (Lipinski definition) is 4. The molecule has 2 aromatic carbocycles. The van der Waals surface area contributed by atoms with Gasteiger partial charge in [-0.15, -0.1) is 0 Å². The molecule has 3 N–H and O–H groups in total. The van der Waals surface area contributed by atoms with Gasteiger partial charge in [0.05, 0.1) is 0 Å². The van der Waals surface area contributed by atoms with Gasteiger partial charge in [0.25, 0.3) is 5.91 Å². The van der Waals surface area contributed by atoms with Crippen molar-refractivity contribution in [2.24, 2.45) is 0 Å². The number of nitrogens with zero attached hydrogens (tertiary/aromatic N) is 1. The monoisotopic (exact) mass is 374 g/mol. The molecule has 0 fully saturated rings. The molecular weight excluding hydrogens is 352 g/mol. The molecule has 0 unspecified atom stereocenters. The van der Waals surface area contributed by atoms with Gasteiger partial charge in [-0.25, -0.2) is 0 Å². The van der Waals surface area contributed by atoms with Gasteiger partial charge >= 0.3 is 0 Å². The first-order chi connectivity index (χ1) is 13.6. The summed E-state index contributed by atoms with van der Waals surface area (Å²) in [7, 11) is 0. The Bertz CT molecular complexity index is 940. The highest BCUT2D eigenvalue weighted by molar-refractivity contribution is 6.03. The van der Waals surface area contributed by atoms with E-state index in [0.29, 0.717) is 17.1 Å². The molecule has 6 nitrogen and oxygen atoms in total. The zero-order valence-corrected chi connectivity index (χ0v) is 15.6. The van der Waals surface area contributed by atoms with Crippen LogP contribution in [0, 0.1) is 0 Å². The fourth-order valence-corrected chi connectivity index (χ4v) is 2.70. The van der Waals surface area contributed by atoms with E-state index in [1.165, 1.54) is 12.5 Å². The Morgan fingerprint density at radius 3 is 2.21 bits per heavy atom. The van der Waals surface area contributed by atoms with Crippen molar-refractivity contribution in [3.05, 3.63) is 84.2 Å². The van der Waals surface area contributed by atoms with Crippen LogP contribution in [0.3, 0.4) is 0 Å². The van der Waals surface area contributed by atoms with Gasteiger partial charge in [-0.2, -0.15) is 0 Å². The number of anilines is 3. The van der Waals surface area contributed by atoms with Crippen LogP contribution < -0.4 is 16.0 Å². The topological polar surface area (TPSA) is 83.1 Å². The van der Waals surface area contributed by atoms with Crippen molar-refractivity contribution >= 4 is 28.9 Å². The zero-order valence-electron chi connectivity index (χ0n) is 15.6. The molecule has 0 spiro atoms. The molecule has 142 valence electrons. The van der Waals surface area contributed by atoms with E-state index in [1.807, 2.05) is 24.3 Å². The van der Waals surface area contributed by atoms with Crippen molar-refractivity contribution in [1.82, 2.24) is 4.98 Å². The molecule has 0 aliphatic carbocycles. The summed E-state index contributed by atoms with van der Waals surface area (Å²) in [6, 6.07) is 20.7. The van der Waals surface area contributed by atoms with Crippen LogP contribution in [0.5, 0.6) is 0 Å². The Hall–Kier alpha value is -3.67. The van der Waals surface area contributed by atoms with E-state index in [4.69, 9.17) is 0 Å². The maximum Gasteiger partial charge on any atom is 0.274 e. The number of rotatable bonds is 7. The van der Waals surface area contributed by atoms with Crippen LogP contribution in [0.1, 0.15) is 23.0 Å². The van der Waals surface area contributed by atoms with Gasteiger partial charge in [-0.1, -0.05) is 30.3 Å². The normalized spacial score (nSPS) is 10.2. The number of carbonyl (C=O) groups is 2. The van der Waals surface area contributed by atoms with Crippen molar-refractivity contribution in [3.63, 3.8) is 0 Å². The Morgan fingerprint density at radius 1 is 0.857 bits per heavy atom. The smallest absolute Gasteiger partial charge is 0.274 e. The number of nitrogens with one attached hydrogen (secondary N) is 3. The van der Waals surface area contributed by atoms with E-state index in [1.54, 1.807) is 36.5 Å². The number of hydrogen-bond donors (Lipinski definition) is 3. The summed E-state index contributed by atoms with van der Waals surface area (Å²) in [5.41, 5.74) is 3.73. The lowest BCUT2D eigenvalue weighted by Crippen LogP contribution is -2.14. The van der Waals surface area contributed by atoms with Crippen molar-refractivity contribution in [3.8, 4) is 0 Å². The highest BCUT2D eigenvalue weighted by Crippen LogP contribution is 2.15. The molecule has 0 bridgehead atoms. The first-order valence-corrected chi connectivity index (χ1v) is 9.03. The van der Waals surface area contributed by atoms with Gasteiger partial charge < -0.3 is 16.0 Å². The first-order valence-electron chi connectivity index (χ1n) is 9.03. The fraction of sp³-hybridized carbons (Fsp3) is 0.136. The SMILES string of the molecule is CC(=O)Nc1ccc(NC(=O)c2cc(NCCc3ccccc3)ccn2)cc1. The van der Waals surface area contributed by atoms with E-state index < -0.39 is 0 Å². The molecule has 0 aliphatic heterocycles. The van der Waals surface area contributed by atoms with Crippen molar-refractivity contribution in [2.75, 3.05) is 22.5 Å². The number of amides is 2. The summed E-state index contributed by atoms with van der Waals surface area (Å²) in [6.45, 7) is 2.21. The summed E-state index contributed by atoms with van der Waals surface area (Å²) in [6.07, 6.45) is 2.50. The summed E-state index contributed by atoms with van der Waals surface area (Å²) in [5, 5.41) is 8.81. The van der Waals surface area contributed by atoms with Crippen molar-refractivity contribution in [1.29, 1.82) is 0 Å². The Kier molecular flexibility index (Phi) is 6.36. The predicted octanol–water partition coefficient (Wildman–Crippen LogP) is 3.95. The molecule has 0 atom stereocenters. The molecule has 0 saturated heterocycles. The Labute approximate surface area is 164 Å². The van der Waals surface area contributed by atoms with Gasteiger partial charge in [0.15, 0.2) is 0 Å². The van der Waals surface area contributed by atoms with Crippen LogP contribution in [0.2, 0.25) is 0 Å². The minimum atomic E-state index is -0.293. The van der Waals surface area contributed by atoms with Crippen molar-refractivity contribution in [2.45, 2.75) is 13.3 Å². The minimum absolute atomic E-state index is 0.141. The average Bonchev–Trinajstić information content (AvgIpc) is 2.70. The Morgan fingerprint density at radius 2 is 1.54 bits per heavy atom. The lowest BCUT2D eigenvalue weighted by molar-refractivity contribution is -0.114.